The van der Waals surface area contributed by atoms with E-state index in [9.17, 15) is 12.8 Å². The van der Waals surface area contributed by atoms with Gasteiger partial charge in [0.2, 0.25) is 0 Å². The zero-order valence-corrected chi connectivity index (χ0v) is 17.3. The molecule has 2 fully saturated rings. The van der Waals surface area contributed by atoms with Gasteiger partial charge >= 0.3 is 0 Å². The first-order valence-electron chi connectivity index (χ1n) is 9.80. The monoisotopic (exact) mass is 409 g/mol. The van der Waals surface area contributed by atoms with Gasteiger partial charge in [0.25, 0.3) is 0 Å². The minimum atomic E-state index is -3.43. The van der Waals surface area contributed by atoms with Crippen LogP contribution in [-0.4, -0.2) is 62.8 Å². The van der Waals surface area contributed by atoms with E-state index in [-0.39, 0.29) is 10.6 Å². The quantitative estimate of drug-likeness (QED) is 0.696. The van der Waals surface area contributed by atoms with Gasteiger partial charge in [-0.25, -0.2) is 12.8 Å². The second-order valence-corrected chi connectivity index (χ2v) is 10.00. The van der Waals surface area contributed by atoms with E-state index >= 15 is 0 Å². The smallest absolute Gasteiger partial charge is 0.179 e. The van der Waals surface area contributed by atoms with E-state index in [2.05, 4.69) is 18.0 Å². The van der Waals surface area contributed by atoms with Crippen LogP contribution >= 0.6 is 0 Å². The van der Waals surface area contributed by atoms with Crippen molar-refractivity contribution in [2.45, 2.75) is 49.6 Å². The van der Waals surface area contributed by atoms with Gasteiger partial charge in [0.1, 0.15) is 0 Å². The SMILES string of the molecule is C[C@H]1CN(C#N)CCN1[C@H]1CC[C@H](COc2ccc(S(C)(=O)=O)cc2F)CC1. The van der Waals surface area contributed by atoms with Crippen LogP contribution in [-0.2, 0) is 9.84 Å². The number of nitrogens with zero attached hydrogens (tertiary/aromatic N) is 3. The van der Waals surface area contributed by atoms with Crippen LogP contribution in [0.1, 0.15) is 32.6 Å². The van der Waals surface area contributed by atoms with Crippen molar-refractivity contribution < 1.29 is 17.5 Å². The summed E-state index contributed by atoms with van der Waals surface area (Å²) < 4.78 is 42.8. The average Bonchev–Trinajstić information content (AvgIpc) is 2.66. The number of ether oxygens (including phenoxy) is 1. The van der Waals surface area contributed by atoms with E-state index in [1.807, 2.05) is 4.90 Å². The lowest BCUT2D eigenvalue weighted by Crippen LogP contribution is -2.54. The van der Waals surface area contributed by atoms with Crippen molar-refractivity contribution in [2.75, 3.05) is 32.5 Å². The highest BCUT2D eigenvalue weighted by molar-refractivity contribution is 7.90. The van der Waals surface area contributed by atoms with Crippen LogP contribution in [0.25, 0.3) is 0 Å². The Morgan fingerprint density at radius 1 is 1.25 bits per heavy atom. The van der Waals surface area contributed by atoms with E-state index < -0.39 is 15.7 Å². The summed E-state index contributed by atoms with van der Waals surface area (Å²) in [6, 6.07) is 4.72. The molecule has 3 rings (SSSR count). The van der Waals surface area contributed by atoms with Crippen LogP contribution < -0.4 is 4.74 Å². The second kappa shape index (κ2) is 8.66. The van der Waals surface area contributed by atoms with Crippen molar-refractivity contribution in [2.24, 2.45) is 5.92 Å². The fraction of sp³-hybridized carbons (Fsp3) is 0.650. The van der Waals surface area contributed by atoms with Gasteiger partial charge in [-0.15, -0.1) is 0 Å². The number of nitriles is 1. The molecule has 0 amide bonds. The highest BCUT2D eigenvalue weighted by Crippen LogP contribution is 2.31. The van der Waals surface area contributed by atoms with Crippen molar-refractivity contribution in [1.82, 2.24) is 9.80 Å². The third-order valence-corrected chi connectivity index (χ3v) is 7.02. The molecule has 1 saturated heterocycles. The molecule has 1 aliphatic heterocycles. The number of hydrogen-bond acceptors (Lipinski definition) is 6. The van der Waals surface area contributed by atoms with Crippen LogP contribution in [0.5, 0.6) is 5.75 Å². The third kappa shape index (κ3) is 4.95. The molecule has 0 N–H and O–H groups in total. The molecule has 6 nitrogen and oxygen atoms in total. The minimum Gasteiger partial charge on any atom is -0.490 e. The largest absolute Gasteiger partial charge is 0.490 e. The van der Waals surface area contributed by atoms with Gasteiger partial charge in [0, 0.05) is 38.0 Å². The van der Waals surface area contributed by atoms with Crippen LogP contribution in [0, 0.1) is 23.2 Å². The first kappa shape index (κ1) is 20.9. The summed E-state index contributed by atoms with van der Waals surface area (Å²) in [5, 5.41) is 9.05. The van der Waals surface area contributed by atoms with Crippen molar-refractivity contribution in [3.8, 4) is 11.9 Å². The summed E-state index contributed by atoms with van der Waals surface area (Å²) in [5.74, 6) is -0.155. The highest BCUT2D eigenvalue weighted by Gasteiger charge is 2.32. The van der Waals surface area contributed by atoms with E-state index in [4.69, 9.17) is 10.00 Å². The fourth-order valence-electron chi connectivity index (χ4n) is 4.29. The molecule has 1 aliphatic carbocycles. The zero-order valence-electron chi connectivity index (χ0n) is 16.5. The van der Waals surface area contributed by atoms with E-state index in [1.54, 1.807) is 0 Å². The Kier molecular flexibility index (Phi) is 6.46. The van der Waals surface area contributed by atoms with E-state index in [1.165, 1.54) is 12.1 Å². The number of rotatable bonds is 5. The second-order valence-electron chi connectivity index (χ2n) is 7.98. The van der Waals surface area contributed by atoms with Gasteiger partial charge in [0.05, 0.1) is 11.5 Å². The Labute approximate surface area is 166 Å². The van der Waals surface area contributed by atoms with Crippen LogP contribution in [0.3, 0.4) is 0 Å². The maximum atomic E-state index is 14.1. The molecule has 0 bridgehead atoms. The van der Waals surface area contributed by atoms with Crippen molar-refractivity contribution in [3.05, 3.63) is 24.0 Å². The Morgan fingerprint density at radius 2 is 1.96 bits per heavy atom. The minimum absolute atomic E-state index is 0.0385. The topological polar surface area (TPSA) is 73.6 Å². The molecule has 1 aromatic carbocycles. The third-order valence-electron chi connectivity index (χ3n) is 5.91. The molecule has 1 heterocycles. The molecule has 0 spiro atoms. The maximum Gasteiger partial charge on any atom is 0.179 e. The van der Waals surface area contributed by atoms with Crippen LogP contribution in [0.4, 0.5) is 4.39 Å². The fourth-order valence-corrected chi connectivity index (χ4v) is 4.92. The molecular formula is C20H28FN3O3S. The normalized spacial score (nSPS) is 26.6. The van der Waals surface area contributed by atoms with Crippen molar-refractivity contribution in [3.63, 3.8) is 0 Å². The van der Waals surface area contributed by atoms with Gasteiger partial charge in [0.15, 0.2) is 27.6 Å². The van der Waals surface area contributed by atoms with Gasteiger partial charge in [-0.05, 0) is 56.7 Å². The molecule has 0 aromatic heterocycles. The summed E-state index contributed by atoms with van der Waals surface area (Å²) in [6.45, 7) is 5.15. The molecule has 8 heteroatoms. The van der Waals surface area contributed by atoms with Gasteiger partial charge in [-0.2, -0.15) is 5.26 Å². The summed E-state index contributed by atoms with van der Waals surface area (Å²) in [5.41, 5.74) is 0. The van der Waals surface area contributed by atoms with E-state index in [0.717, 1.165) is 57.6 Å². The molecule has 154 valence electrons. The molecule has 1 saturated carbocycles. The van der Waals surface area contributed by atoms with Crippen molar-refractivity contribution >= 4 is 9.84 Å². The maximum absolute atomic E-state index is 14.1. The highest BCUT2D eigenvalue weighted by atomic mass is 32.2. The Hall–Kier alpha value is -1.85. The lowest BCUT2D eigenvalue weighted by atomic mass is 9.85. The molecule has 2 aliphatic rings. The molecule has 0 unspecified atom stereocenters. The first-order chi connectivity index (χ1) is 13.3. The Morgan fingerprint density at radius 3 is 2.54 bits per heavy atom. The predicted octanol–water partition coefficient (Wildman–Crippen LogP) is 2.65. The molecule has 28 heavy (non-hydrogen) atoms. The van der Waals surface area contributed by atoms with Gasteiger partial charge in [-0.1, -0.05) is 0 Å². The predicted molar refractivity (Wildman–Crippen MR) is 104 cm³/mol. The number of hydrogen-bond donors (Lipinski definition) is 0. The summed E-state index contributed by atoms with van der Waals surface area (Å²) in [6.07, 6.45) is 7.52. The molecular weight excluding hydrogens is 381 g/mol. The summed E-state index contributed by atoms with van der Waals surface area (Å²) in [4.78, 5) is 4.31. The average molecular weight is 410 g/mol. The Balaban J connectivity index is 1.48. The zero-order chi connectivity index (χ0) is 20.3. The van der Waals surface area contributed by atoms with E-state index in [0.29, 0.717) is 24.6 Å². The number of halogens is 1. The van der Waals surface area contributed by atoms with Crippen LogP contribution in [0.15, 0.2) is 23.1 Å². The summed E-state index contributed by atoms with van der Waals surface area (Å²) >= 11 is 0. The Bertz CT molecular complexity index is 832. The van der Waals surface area contributed by atoms with Crippen LogP contribution in [0.2, 0.25) is 0 Å². The van der Waals surface area contributed by atoms with Crippen molar-refractivity contribution in [1.29, 1.82) is 5.26 Å². The van der Waals surface area contributed by atoms with Gasteiger partial charge in [-0.3, -0.25) is 4.90 Å². The number of sulfone groups is 1. The number of piperazine rings is 1. The summed E-state index contributed by atoms with van der Waals surface area (Å²) in [7, 11) is -3.43. The molecule has 0 radical (unpaired) electrons. The van der Waals surface area contributed by atoms with Gasteiger partial charge < -0.3 is 9.64 Å². The number of benzene rings is 1. The lowest BCUT2D eigenvalue weighted by Gasteiger charge is -2.44. The lowest BCUT2D eigenvalue weighted by molar-refractivity contribution is 0.0427. The molecule has 1 aromatic rings. The molecule has 1 atom stereocenters. The first-order valence-corrected chi connectivity index (χ1v) is 11.7. The standard InChI is InChI=1S/C20H28FN3O3S/c1-15-12-23(14-22)9-10-24(15)17-5-3-16(4-6-17)13-27-20-8-7-18(11-19(20)21)28(2,25)26/h7-8,11,15-17H,3-6,9-10,12-13H2,1-2H3/t15-,16-,17-/m0/s1.